The summed E-state index contributed by atoms with van der Waals surface area (Å²) in [5.41, 5.74) is 1.86. The van der Waals surface area contributed by atoms with E-state index in [1.165, 1.54) is 5.56 Å². The zero-order chi connectivity index (χ0) is 12.1. The van der Waals surface area contributed by atoms with Crippen LogP contribution in [0.2, 0.25) is 0 Å². The van der Waals surface area contributed by atoms with E-state index >= 15 is 0 Å². The van der Waals surface area contributed by atoms with Crippen molar-refractivity contribution in [3.05, 3.63) is 53.9 Å². The van der Waals surface area contributed by atoms with E-state index in [2.05, 4.69) is 0 Å². The number of benzene rings is 1. The van der Waals surface area contributed by atoms with Gasteiger partial charge in [-0.1, -0.05) is 12.1 Å². The fraction of sp³-hybridized carbons (Fsp3) is 0.214. The summed E-state index contributed by atoms with van der Waals surface area (Å²) in [5, 5.41) is 0. The third-order valence-electron chi connectivity index (χ3n) is 2.58. The summed E-state index contributed by atoms with van der Waals surface area (Å²) in [4.78, 5) is 10.7. The maximum Gasteiger partial charge on any atom is 0.166 e. The standard InChI is InChI=1S/C14H15NO2/c1-12-4-2-6-14(10-12)17-9-8-15-7-3-5-13(15)11-16/h2-7,10-11H,8-9H2,1H3. The summed E-state index contributed by atoms with van der Waals surface area (Å²) in [6.07, 6.45) is 2.73. The molecule has 2 rings (SSSR count). The molecule has 3 nitrogen and oxygen atoms in total. The van der Waals surface area contributed by atoms with Crippen molar-refractivity contribution in [2.24, 2.45) is 0 Å². The van der Waals surface area contributed by atoms with Gasteiger partial charge >= 0.3 is 0 Å². The van der Waals surface area contributed by atoms with Crippen molar-refractivity contribution in [2.45, 2.75) is 13.5 Å². The van der Waals surface area contributed by atoms with Crippen molar-refractivity contribution in [2.75, 3.05) is 6.61 Å². The molecule has 0 aliphatic rings. The number of rotatable bonds is 5. The highest BCUT2D eigenvalue weighted by Crippen LogP contribution is 2.12. The van der Waals surface area contributed by atoms with E-state index in [0.29, 0.717) is 18.8 Å². The van der Waals surface area contributed by atoms with Gasteiger partial charge in [0.1, 0.15) is 12.4 Å². The quantitative estimate of drug-likeness (QED) is 0.738. The maximum absolute atomic E-state index is 10.7. The van der Waals surface area contributed by atoms with Crippen LogP contribution in [-0.2, 0) is 6.54 Å². The number of aromatic nitrogens is 1. The van der Waals surface area contributed by atoms with Crippen LogP contribution in [0.1, 0.15) is 16.1 Å². The van der Waals surface area contributed by atoms with Crippen LogP contribution in [0, 0.1) is 6.92 Å². The molecule has 2 aromatic rings. The minimum absolute atomic E-state index is 0.555. The second-order valence-corrected chi connectivity index (χ2v) is 3.91. The molecule has 0 radical (unpaired) electrons. The Labute approximate surface area is 101 Å². The van der Waals surface area contributed by atoms with Crippen LogP contribution in [0.15, 0.2) is 42.6 Å². The topological polar surface area (TPSA) is 31.2 Å². The summed E-state index contributed by atoms with van der Waals surface area (Å²) >= 11 is 0. The highest BCUT2D eigenvalue weighted by Gasteiger charge is 1.99. The lowest BCUT2D eigenvalue weighted by Crippen LogP contribution is -2.09. The summed E-state index contributed by atoms with van der Waals surface area (Å²) < 4.78 is 7.50. The van der Waals surface area contributed by atoms with Crippen molar-refractivity contribution in [3.63, 3.8) is 0 Å². The van der Waals surface area contributed by atoms with Gasteiger partial charge in [-0.25, -0.2) is 0 Å². The molecule has 0 fully saturated rings. The lowest BCUT2D eigenvalue weighted by atomic mass is 10.2. The number of carbonyl (C=O) groups excluding carboxylic acids is 1. The molecule has 17 heavy (non-hydrogen) atoms. The Hall–Kier alpha value is -2.03. The van der Waals surface area contributed by atoms with Crippen molar-refractivity contribution in [1.82, 2.24) is 4.57 Å². The molecule has 0 N–H and O–H groups in total. The number of carbonyl (C=O) groups is 1. The molecule has 1 aromatic carbocycles. The predicted molar refractivity (Wildman–Crippen MR) is 66.5 cm³/mol. The average Bonchev–Trinajstić information content (AvgIpc) is 2.77. The SMILES string of the molecule is Cc1cccc(OCCn2cccc2C=O)c1. The average molecular weight is 229 g/mol. The second-order valence-electron chi connectivity index (χ2n) is 3.91. The smallest absolute Gasteiger partial charge is 0.166 e. The number of nitrogens with zero attached hydrogens (tertiary/aromatic N) is 1. The first-order valence-corrected chi connectivity index (χ1v) is 5.59. The number of hydrogen-bond donors (Lipinski definition) is 0. The van der Waals surface area contributed by atoms with Gasteiger partial charge in [0, 0.05) is 6.20 Å². The zero-order valence-corrected chi connectivity index (χ0v) is 9.80. The third kappa shape index (κ3) is 2.97. The van der Waals surface area contributed by atoms with Crippen LogP contribution in [0.25, 0.3) is 0 Å². The first-order valence-electron chi connectivity index (χ1n) is 5.59. The van der Waals surface area contributed by atoms with Gasteiger partial charge in [0.2, 0.25) is 0 Å². The van der Waals surface area contributed by atoms with E-state index in [1.54, 1.807) is 6.07 Å². The predicted octanol–water partition coefficient (Wildman–Crippen LogP) is 2.69. The van der Waals surface area contributed by atoms with Crippen molar-refractivity contribution >= 4 is 6.29 Å². The van der Waals surface area contributed by atoms with E-state index in [4.69, 9.17) is 4.74 Å². The molecule has 0 unspecified atom stereocenters. The molecule has 0 atom stereocenters. The van der Waals surface area contributed by atoms with Crippen LogP contribution in [0.4, 0.5) is 0 Å². The van der Waals surface area contributed by atoms with Crippen LogP contribution < -0.4 is 4.74 Å². The molecule has 0 saturated heterocycles. The molecule has 3 heteroatoms. The molecule has 1 heterocycles. The van der Waals surface area contributed by atoms with Gasteiger partial charge in [0.05, 0.1) is 12.2 Å². The molecule has 1 aromatic heterocycles. The fourth-order valence-electron chi connectivity index (χ4n) is 1.70. The van der Waals surface area contributed by atoms with E-state index < -0.39 is 0 Å². The molecule has 0 aliphatic heterocycles. The van der Waals surface area contributed by atoms with Gasteiger partial charge < -0.3 is 9.30 Å². The van der Waals surface area contributed by atoms with Gasteiger partial charge in [-0.15, -0.1) is 0 Å². The highest BCUT2D eigenvalue weighted by molar-refractivity contribution is 5.72. The number of aryl methyl sites for hydroxylation is 1. The van der Waals surface area contributed by atoms with E-state index in [-0.39, 0.29) is 0 Å². The molecule has 88 valence electrons. The first-order chi connectivity index (χ1) is 8.29. The molecular weight excluding hydrogens is 214 g/mol. The molecule has 0 spiro atoms. The monoisotopic (exact) mass is 229 g/mol. The van der Waals surface area contributed by atoms with Crippen LogP contribution in [0.3, 0.4) is 0 Å². The Morgan fingerprint density at radius 2 is 2.18 bits per heavy atom. The minimum Gasteiger partial charge on any atom is -0.492 e. The Morgan fingerprint density at radius 3 is 2.94 bits per heavy atom. The Morgan fingerprint density at radius 1 is 1.29 bits per heavy atom. The lowest BCUT2D eigenvalue weighted by Gasteiger charge is -2.08. The molecule has 0 amide bonds. The normalized spacial score (nSPS) is 10.2. The maximum atomic E-state index is 10.7. The second kappa shape index (κ2) is 5.34. The Kier molecular flexibility index (Phi) is 3.60. The summed E-state index contributed by atoms with van der Waals surface area (Å²) in [5.74, 6) is 0.866. The Balaban J connectivity index is 1.90. The summed E-state index contributed by atoms with van der Waals surface area (Å²) in [7, 11) is 0. The van der Waals surface area contributed by atoms with Crippen LogP contribution in [0.5, 0.6) is 5.75 Å². The molecule has 0 saturated carbocycles. The minimum atomic E-state index is 0.555. The van der Waals surface area contributed by atoms with Crippen LogP contribution in [-0.4, -0.2) is 17.5 Å². The molecule has 0 bridgehead atoms. The van der Waals surface area contributed by atoms with E-state index in [1.807, 2.05) is 48.0 Å². The van der Waals surface area contributed by atoms with E-state index in [0.717, 1.165) is 12.0 Å². The van der Waals surface area contributed by atoms with Gasteiger partial charge in [0.25, 0.3) is 0 Å². The highest BCUT2D eigenvalue weighted by atomic mass is 16.5. The fourth-order valence-corrected chi connectivity index (χ4v) is 1.70. The first kappa shape index (κ1) is 11.5. The van der Waals surface area contributed by atoms with Crippen molar-refractivity contribution in [3.8, 4) is 5.75 Å². The van der Waals surface area contributed by atoms with Gasteiger partial charge in [-0.05, 0) is 36.8 Å². The Bertz CT molecular complexity index is 502. The number of hydrogen-bond acceptors (Lipinski definition) is 2. The van der Waals surface area contributed by atoms with Gasteiger partial charge in [-0.2, -0.15) is 0 Å². The van der Waals surface area contributed by atoms with Crippen molar-refractivity contribution < 1.29 is 9.53 Å². The summed E-state index contributed by atoms with van der Waals surface area (Å²) in [6.45, 7) is 3.26. The van der Waals surface area contributed by atoms with Crippen molar-refractivity contribution in [1.29, 1.82) is 0 Å². The van der Waals surface area contributed by atoms with Gasteiger partial charge in [-0.3, -0.25) is 4.79 Å². The number of aldehydes is 1. The molecular formula is C14H15NO2. The number of ether oxygens (including phenoxy) is 1. The molecule has 0 aliphatic carbocycles. The third-order valence-corrected chi connectivity index (χ3v) is 2.58. The summed E-state index contributed by atoms with van der Waals surface area (Å²) in [6, 6.07) is 11.6. The van der Waals surface area contributed by atoms with Gasteiger partial charge in [0.15, 0.2) is 6.29 Å². The largest absolute Gasteiger partial charge is 0.492 e. The van der Waals surface area contributed by atoms with E-state index in [9.17, 15) is 4.79 Å². The van der Waals surface area contributed by atoms with Crippen LogP contribution >= 0.6 is 0 Å². The zero-order valence-electron chi connectivity index (χ0n) is 9.80. The lowest BCUT2D eigenvalue weighted by molar-refractivity contribution is 0.111.